The van der Waals surface area contributed by atoms with E-state index in [0.717, 1.165) is 24.4 Å². The van der Waals surface area contributed by atoms with Crippen molar-refractivity contribution in [1.29, 1.82) is 0 Å². The molecule has 1 nitrogen and oxygen atoms in total. The van der Waals surface area contributed by atoms with E-state index in [0.29, 0.717) is 6.10 Å². The first-order valence-electron chi connectivity index (χ1n) is 4.23. The second-order valence-electron chi connectivity index (χ2n) is 3.82. The van der Waals surface area contributed by atoms with Gasteiger partial charge in [0.15, 0.2) is 0 Å². The summed E-state index contributed by atoms with van der Waals surface area (Å²) in [4.78, 5) is 0. The topological polar surface area (TPSA) is 12.5 Å². The lowest BCUT2D eigenvalue weighted by molar-refractivity contribution is 0.298. The van der Waals surface area contributed by atoms with Gasteiger partial charge in [-0.15, -0.1) is 0 Å². The molecule has 10 heavy (non-hydrogen) atoms. The molecule has 1 saturated carbocycles. The van der Waals surface area contributed by atoms with Crippen LogP contribution in [0.4, 0.5) is 0 Å². The molecule has 4 atom stereocenters. The van der Waals surface area contributed by atoms with Gasteiger partial charge in [0.25, 0.3) is 0 Å². The van der Waals surface area contributed by atoms with Crippen LogP contribution in [0.15, 0.2) is 12.2 Å². The van der Waals surface area contributed by atoms with Crippen molar-refractivity contribution in [3.8, 4) is 0 Å². The van der Waals surface area contributed by atoms with Crippen molar-refractivity contribution in [3.63, 3.8) is 0 Å². The SMILES string of the molecule is C1=C[C@@H]2C[C@@H]1C[C@H]2[C@@H]1CO1. The first kappa shape index (κ1) is 5.36. The minimum absolute atomic E-state index is 0.653. The largest absolute Gasteiger partial charge is 0.373 e. The Labute approximate surface area is 61.1 Å². The molecule has 1 heterocycles. The number of hydrogen-bond acceptors (Lipinski definition) is 1. The van der Waals surface area contributed by atoms with Crippen LogP contribution in [0, 0.1) is 17.8 Å². The molecule has 1 aliphatic heterocycles. The van der Waals surface area contributed by atoms with Crippen LogP contribution in [0.25, 0.3) is 0 Å². The van der Waals surface area contributed by atoms with Crippen molar-refractivity contribution < 1.29 is 4.74 Å². The Balaban J connectivity index is 1.83. The highest BCUT2D eigenvalue weighted by molar-refractivity contribution is 5.12. The van der Waals surface area contributed by atoms with E-state index < -0.39 is 0 Å². The molecule has 0 N–H and O–H groups in total. The molecular formula is C9H12O. The van der Waals surface area contributed by atoms with Crippen LogP contribution in [0.2, 0.25) is 0 Å². The zero-order valence-electron chi connectivity index (χ0n) is 5.99. The summed E-state index contributed by atoms with van der Waals surface area (Å²) in [6.45, 7) is 1.04. The van der Waals surface area contributed by atoms with Crippen LogP contribution >= 0.6 is 0 Å². The van der Waals surface area contributed by atoms with Gasteiger partial charge in [0.05, 0.1) is 12.7 Å². The molecule has 1 heteroatoms. The van der Waals surface area contributed by atoms with E-state index in [9.17, 15) is 0 Å². The number of allylic oxidation sites excluding steroid dienone is 2. The Morgan fingerprint density at radius 3 is 2.60 bits per heavy atom. The predicted octanol–water partition coefficient (Wildman–Crippen LogP) is 1.60. The maximum Gasteiger partial charge on any atom is 0.0843 e. The molecule has 3 aliphatic rings. The molecule has 2 bridgehead atoms. The van der Waals surface area contributed by atoms with Crippen LogP contribution < -0.4 is 0 Å². The molecule has 0 amide bonds. The summed E-state index contributed by atoms with van der Waals surface area (Å²) in [6, 6.07) is 0. The molecular weight excluding hydrogens is 124 g/mol. The lowest BCUT2D eigenvalue weighted by Gasteiger charge is -2.14. The Kier molecular flexibility index (Phi) is 0.883. The van der Waals surface area contributed by atoms with Crippen LogP contribution in [-0.4, -0.2) is 12.7 Å². The first-order valence-corrected chi connectivity index (χ1v) is 4.23. The number of fused-ring (bicyclic) bond motifs is 2. The van der Waals surface area contributed by atoms with E-state index in [1.165, 1.54) is 12.8 Å². The molecule has 0 unspecified atom stereocenters. The highest BCUT2D eigenvalue weighted by atomic mass is 16.6. The van der Waals surface area contributed by atoms with E-state index in [-0.39, 0.29) is 0 Å². The van der Waals surface area contributed by atoms with Crippen molar-refractivity contribution in [2.75, 3.05) is 6.61 Å². The number of ether oxygens (including phenoxy) is 1. The summed E-state index contributed by atoms with van der Waals surface area (Å²) in [5.41, 5.74) is 0. The fraction of sp³-hybridized carbons (Fsp3) is 0.778. The summed E-state index contributed by atoms with van der Waals surface area (Å²) >= 11 is 0. The minimum Gasteiger partial charge on any atom is -0.373 e. The molecule has 0 aromatic carbocycles. The molecule has 0 spiro atoms. The highest BCUT2D eigenvalue weighted by Crippen LogP contribution is 2.47. The van der Waals surface area contributed by atoms with Gasteiger partial charge in [-0.1, -0.05) is 12.2 Å². The molecule has 1 saturated heterocycles. The number of epoxide rings is 1. The van der Waals surface area contributed by atoms with Crippen LogP contribution in [0.1, 0.15) is 12.8 Å². The summed E-state index contributed by atoms with van der Waals surface area (Å²) < 4.78 is 5.31. The maximum absolute atomic E-state index is 5.31. The zero-order valence-corrected chi connectivity index (χ0v) is 5.99. The molecule has 2 aliphatic carbocycles. The van der Waals surface area contributed by atoms with Crippen molar-refractivity contribution in [3.05, 3.63) is 12.2 Å². The fourth-order valence-electron chi connectivity index (χ4n) is 2.55. The smallest absolute Gasteiger partial charge is 0.0843 e. The van der Waals surface area contributed by atoms with Gasteiger partial charge in [-0.2, -0.15) is 0 Å². The van der Waals surface area contributed by atoms with Gasteiger partial charge in [-0.25, -0.2) is 0 Å². The van der Waals surface area contributed by atoms with E-state index in [2.05, 4.69) is 12.2 Å². The monoisotopic (exact) mass is 136 g/mol. The van der Waals surface area contributed by atoms with E-state index >= 15 is 0 Å². The Morgan fingerprint density at radius 1 is 1.20 bits per heavy atom. The fourth-order valence-corrected chi connectivity index (χ4v) is 2.55. The Hall–Kier alpha value is -0.300. The van der Waals surface area contributed by atoms with Gasteiger partial charge in [-0.05, 0) is 30.6 Å². The Bertz CT molecular complexity index is 181. The van der Waals surface area contributed by atoms with E-state index in [1.807, 2.05) is 0 Å². The van der Waals surface area contributed by atoms with Crippen LogP contribution in [0.5, 0.6) is 0 Å². The molecule has 0 radical (unpaired) electrons. The first-order chi connectivity index (χ1) is 4.93. The molecule has 0 aromatic heterocycles. The van der Waals surface area contributed by atoms with Crippen molar-refractivity contribution in [2.45, 2.75) is 18.9 Å². The summed E-state index contributed by atoms with van der Waals surface area (Å²) in [7, 11) is 0. The quantitative estimate of drug-likeness (QED) is 0.394. The molecule has 54 valence electrons. The third-order valence-electron chi connectivity index (χ3n) is 3.17. The standard InChI is InChI=1S/C9H12O/c1-2-7-3-6(1)4-8(7)9-5-10-9/h1-2,6-9H,3-5H2/t6-,7-,8-,9+/m1/s1. The van der Waals surface area contributed by atoms with Gasteiger partial charge in [0, 0.05) is 0 Å². The van der Waals surface area contributed by atoms with Gasteiger partial charge in [-0.3, -0.25) is 0 Å². The number of rotatable bonds is 1. The molecule has 3 rings (SSSR count). The highest BCUT2D eigenvalue weighted by Gasteiger charge is 2.44. The van der Waals surface area contributed by atoms with Crippen molar-refractivity contribution in [1.82, 2.24) is 0 Å². The summed E-state index contributed by atoms with van der Waals surface area (Å²) in [5, 5.41) is 0. The normalized spacial score (nSPS) is 56.0. The van der Waals surface area contributed by atoms with Gasteiger partial charge >= 0.3 is 0 Å². The van der Waals surface area contributed by atoms with Gasteiger partial charge in [0.2, 0.25) is 0 Å². The lowest BCUT2D eigenvalue weighted by atomic mass is 9.91. The average molecular weight is 136 g/mol. The zero-order chi connectivity index (χ0) is 6.55. The predicted molar refractivity (Wildman–Crippen MR) is 38.6 cm³/mol. The average Bonchev–Trinajstić information content (AvgIpc) is 2.60. The maximum atomic E-state index is 5.31. The Morgan fingerprint density at radius 2 is 2.10 bits per heavy atom. The molecule has 2 fully saturated rings. The second kappa shape index (κ2) is 1.65. The number of hydrogen-bond donors (Lipinski definition) is 0. The van der Waals surface area contributed by atoms with E-state index in [1.54, 1.807) is 0 Å². The van der Waals surface area contributed by atoms with Gasteiger partial charge in [0.1, 0.15) is 0 Å². The lowest BCUT2D eigenvalue weighted by Crippen LogP contribution is -2.13. The van der Waals surface area contributed by atoms with Crippen LogP contribution in [-0.2, 0) is 4.74 Å². The minimum atomic E-state index is 0.653. The third kappa shape index (κ3) is 0.615. The van der Waals surface area contributed by atoms with Crippen LogP contribution in [0.3, 0.4) is 0 Å². The second-order valence-corrected chi connectivity index (χ2v) is 3.82. The third-order valence-corrected chi connectivity index (χ3v) is 3.17. The van der Waals surface area contributed by atoms with E-state index in [4.69, 9.17) is 4.74 Å². The molecule has 0 aromatic rings. The van der Waals surface area contributed by atoms with Gasteiger partial charge < -0.3 is 4.74 Å². The van der Waals surface area contributed by atoms with Crippen molar-refractivity contribution in [2.24, 2.45) is 17.8 Å². The summed E-state index contributed by atoms with van der Waals surface area (Å²) in [5.74, 6) is 2.70. The summed E-state index contributed by atoms with van der Waals surface area (Å²) in [6.07, 6.45) is 8.28. The van der Waals surface area contributed by atoms with Crippen molar-refractivity contribution >= 4 is 0 Å².